The average molecular weight is 295 g/mol. The summed E-state index contributed by atoms with van der Waals surface area (Å²) >= 11 is 0. The molecule has 0 saturated heterocycles. The molecule has 2 N–H and O–H groups in total. The molecule has 0 unspecified atom stereocenters. The summed E-state index contributed by atoms with van der Waals surface area (Å²) in [4.78, 5) is 16.2. The van der Waals surface area contributed by atoms with Crippen LogP contribution in [-0.2, 0) is 9.47 Å². The zero-order valence-electron chi connectivity index (χ0n) is 12.9. The van der Waals surface area contributed by atoms with Crippen molar-refractivity contribution < 1.29 is 14.3 Å². The SMILES string of the molecule is CCCNc1cccc(C(=O)NCCCOCCOC)n1. The topological polar surface area (TPSA) is 72.5 Å². The largest absolute Gasteiger partial charge is 0.382 e. The van der Waals surface area contributed by atoms with Crippen molar-refractivity contribution in [3.05, 3.63) is 23.9 Å². The summed E-state index contributed by atoms with van der Waals surface area (Å²) in [5, 5.41) is 6.00. The second kappa shape index (κ2) is 11.0. The smallest absolute Gasteiger partial charge is 0.269 e. The second-order valence-electron chi connectivity index (χ2n) is 4.55. The standard InChI is InChI=1S/C15H25N3O3/c1-3-8-16-14-7-4-6-13(18-14)15(19)17-9-5-10-21-12-11-20-2/h4,6-7H,3,5,8-12H2,1-2H3,(H,16,18)(H,17,19). The first-order chi connectivity index (χ1) is 10.3. The molecule has 0 bridgehead atoms. The fourth-order valence-electron chi connectivity index (χ4n) is 1.62. The molecule has 1 aromatic rings. The van der Waals surface area contributed by atoms with E-state index in [1.54, 1.807) is 13.2 Å². The Kier molecular flexibility index (Phi) is 9.15. The van der Waals surface area contributed by atoms with Crippen LogP contribution >= 0.6 is 0 Å². The van der Waals surface area contributed by atoms with Crippen LogP contribution in [0.5, 0.6) is 0 Å². The molecule has 6 nitrogen and oxygen atoms in total. The second-order valence-corrected chi connectivity index (χ2v) is 4.55. The summed E-state index contributed by atoms with van der Waals surface area (Å²) < 4.78 is 10.2. The number of nitrogens with one attached hydrogen (secondary N) is 2. The summed E-state index contributed by atoms with van der Waals surface area (Å²) in [5.41, 5.74) is 0.427. The molecule has 118 valence electrons. The molecular weight excluding hydrogens is 270 g/mol. The Hall–Kier alpha value is -1.66. The Morgan fingerprint density at radius 2 is 2.10 bits per heavy atom. The Balaban J connectivity index is 2.25. The Bertz CT molecular complexity index is 413. The summed E-state index contributed by atoms with van der Waals surface area (Å²) in [5.74, 6) is 0.569. The quantitative estimate of drug-likeness (QED) is 0.608. The molecule has 1 aromatic heterocycles. The predicted molar refractivity (Wildman–Crippen MR) is 82.7 cm³/mol. The van der Waals surface area contributed by atoms with Gasteiger partial charge in [0.05, 0.1) is 13.2 Å². The fourth-order valence-corrected chi connectivity index (χ4v) is 1.62. The van der Waals surface area contributed by atoms with E-state index < -0.39 is 0 Å². The van der Waals surface area contributed by atoms with Crippen LogP contribution in [0.15, 0.2) is 18.2 Å². The van der Waals surface area contributed by atoms with Gasteiger partial charge in [-0.05, 0) is 25.0 Å². The molecule has 0 fully saturated rings. The number of rotatable bonds is 11. The van der Waals surface area contributed by atoms with Gasteiger partial charge in [-0.3, -0.25) is 4.79 Å². The van der Waals surface area contributed by atoms with Gasteiger partial charge >= 0.3 is 0 Å². The summed E-state index contributed by atoms with van der Waals surface area (Å²) in [6.45, 7) is 5.27. The number of methoxy groups -OCH3 is 1. The van der Waals surface area contributed by atoms with Crippen molar-refractivity contribution in [3.8, 4) is 0 Å². The number of nitrogens with zero attached hydrogens (tertiary/aromatic N) is 1. The number of hydrogen-bond acceptors (Lipinski definition) is 5. The molecular formula is C15H25N3O3. The maximum Gasteiger partial charge on any atom is 0.269 e. The molecule has 0 saturated carbocycles. The molecule has 6 heteroatoms. The van der Waals surface area contributed by atoms with Crippen molar-refractivity contribution in [2.75, 3.05) is 45.3 Å². The molecule has 0 spiro atoms. The lowest BCUT2D eigenvalue weighted by molar-refractivity contribution is 0.0688. The van der Waals surface area contributed by atoms with E-state index in [2.05, 4.69) is 22.5 Å². The third kappa shape index (κ3) is 7.63. The first-order valence-corrected chi connectivity index (χ1v) is 7.33. The number of anilines is 1. The molecule has 0 aliphatic carbocycles. The number of pyridine rings is 1. The van der Waals surface area contributed by atoms with Gasteiger partial charge in [-0.25, -0.2) is 4.98 Å². The van der Waals surface area contributed by atoms with Gasteiger partial charge in [0.2, 0.25) is 0 Å². The zero-order chi connectivity index (χ0) is 15.3. The lowest BCUT2D eigenvalue weighted by atomic mass is 10.3. The van der Waals surface area contributed by atoms with Crippen LogP contribution in [0.4, 0.5) is 5.82 Å². The van der Waals surface area contributed by atoms with Gasteiger partial charge in [0.25, 0.3) is 5.91 Å². The van der Waals surface area contributed by atoms with Crippen LogP contribution in [0.3, 0.4) is 0 Å². The van der Waals surface area contributed by atoms with E-state index in [-0.39, 0.29) is 5.91 Å². The zero-order valence-corrected chi connectivity index (χ0v) is 12.9. The molecule has 1 heterocycles. The lowest BCUT2D eigenvalue weighted by Crippen LogP contribution is -2.26. The predicted octanol–water partition coefficient (Wildman–Crippen LogP) is 1.69. The molecule has 21 heavy (non-hydrogen) atoms. The van der Waals surface area contributed by atoms with Crippen LogP contribution in [0.25, 0.3) is 0 Å². The highest BCUT2D eigenvalue weighted by Crippen LogP contribution is 2.04. The van der Waals surface area contributed by atoms with E-state index in [9.17, 15) is 4.79 Å². The van der Waals surface area contributed by atoms with E-state index >= 15 is 0 Å². The summed E-state index contributed by atoms with van der Waals surface area (Å²) in [7, 11) is 1.64. The van der Waals surface area contributed by atoms with Crippen LogP contribution < -0.4 is 10.6 Å². The number of hydrogen-bond donors (Lipinski definition) is 2. The van der Waals surface area contributed by atoms with E-state index in [0.717, 1.165) is 25.2 Å². The van der Waals surface area contributed by atoms with Crippen LogP contribution in [0, 0.1) is 0 Å². The van der Waals surface area contributed by atoms with Crippen molar-refractivity contribution >= 4 is 11.7 Å². The maximum atomic E-state index is 11.9. The normalized spacial score (nSPS) is 10.4. The minimum absolute atomic E-state index is 0.160. The maximum absolute atomic E-state index is 11.9. The summed E-state index contributed by atoms with van der Waals surface area (Å²) in [6, 6.07) is 5.39. The number of aromatic nitrogens is 1. The Labute approximate surface area is 126 Å². The summed E-state index contributed by atoms with van der Waals surface area (Å²) in [6.07, 6.45) is 1.78. The highest BCUT2D eigenvalue weighted by atomic mass is 16.5. The number of ether oxygens (including phenoxy) is 2. The number of amides is 1. The van der Waals surface area contributed by atoms with Crippen molar-refractivity contribution in [2.24, 2.45) is 0 Å². The highest BCUT2D eigenvalue weighted by Gasteiger charge is 2.06. The van der Waals surface area contributed by atoms with Crippen LogP contribution in [0.2, 0.25) is 0 Å². The van der Waals surface area contributed by atoms with Crippen LogP contribution in [-0.4, -0.2) is 50.9 Å². The fraction of sp³-hybridized carbons (Fsp3) is 0.600. The van der Waals surface area contributed by atoms with Gasteiger partial charge in [0, 0.05) is 26.8 Å². The van der Waals surface area contributed by atoms with Gasteiger partial charge in [-0.2, -0.15) is 0 Å². The first-order valence-electron chi connectivity index (χ1n) is 7.33. The van der Waals surface area contributed by atoms with Crippen LogP contribution in [0.1, 0.15) is 30.3 Å². The Morgan fingerprint density at radius 3 is 2.86 bits per heavy atom. The van der Waals surface area contributed by atoms with Gasteiger partial charge in [0.15, 0.2) is 0 Å². The van der Waals surface area contributed by atoms with Gasteiger partial charge in [-0.1, -0.05) is 13.0 Å². The average Bonchev–Trinajstić information content (AvgIpc) is 2.52. The molecule has 0 atom stereocenters. The lowest BCUT2D eigenvalue weighted by Gasteiger charge is -2.08. The van der Waals surface area contributed by atoms with Crippen molar-refractivity contribution in [2.45, 2.75) is 19.8 Å². The molecule has 0 aliphatic rings. The van der Waals surface area contributed by atoms with Gasteiger partial charge in [0.1, 0.15) is 11.5 Å². The molecule has 0 radical (unpaired) electrons. The number of carbonyl (C=O) groups excluding carboxylic acids is 1. The third-order valence-corrected chi connectivity index (χ3v) is 2.72. The molecule has 1 rings (SSSR count). The molecule has 1 amide bonds. The van der Waals surface area contributed by atoms with Gasteiger partial charge in [-0.15, -0.1) is 0 Å². The van der Waals surface area contributed by atoms with Gasteiger partial charge < -0.3 is 20.1 Å². The van der Waals surface area contributed by atoms with E-state index in [1.807, 2.05) is 12.1 Å². The van der Waals surface area contributed by atoms with E-state index in [4.69, 9.17) is 9.47 Å². The first kappa shape index (κ1) is 17.4. The highest BCUT2D eigenvalue weighted by molar-refractivity contribution is 5.92. The number of carbonyl (C=O) groups is 1. The van der Waals surface area contributed by atoms with Crippen molar-refractivity contribution in [1.29, 1.82) is 0 Å². The van der Waals surface area contributed by atoms with Crippen molar-refractivity contribution in [1.82, 2.24) is 10.3 Å². The van der Waals surface area contributed by atoms with E-state index in [0.29, 0.717) is 32.1 Å². The van der Waals surface area contributed by atoms with Crippen molar-refractivity contribution in [3.63, 3.8) is 0 Å². The minimum Gasteiger partial charge on any atom is -0.382 e. The van der Waals surface area contributed by atoms with E-state index in [1.165, 1.54) is 0 Å². The third-order valence-electron chi connectivity index (χ3n) is 2.72. The Morgan fingerprint density at radius 1 is 1.24 bits per heavy atom. The molecule has 0 aliphatic heterocycles. The minimum atomic E-state index is -0.160. The monoisotopic (exact) mass is 295 g/mol. The molecule has 0 aromatic carbocycles.